The van der Waals surface area contributed by atoms with Gasteiger partial charge in [-0.2, -0.15) is 0 Å². The topological polar surface area (TPSA) is 60.5 Å². The molecular formula is C14H20N2O3S. The lowest BCUT2D eigenvalue weighted by atomic mass is 9.91. The number of nitrogens with one attached hydrogen (secondary N) is 1. The van der Waals surface area contributed by atoms with Crippen molar-refractivity contribution in [1.82, 2.24) is 10.3 Å². The van der Waals surface area contributed by atoms with E-state index < -0.39 is 0 Å². The summed E-state index contributed by atoms with van der Waals surface area (Å²) < 4.78 is 11.6. The molecule has 0 saturated carbocycles. The van der Waals surface area contributed by atoms with Crippen molar-refractivity contribution in [3.63, 3.8) is 0 Å². The second kappa shape index (κ2) is 5.79. The first-order valence-corrected chi connectivity index (χ1v) is 8.01. The Labute approximate surface area is 122 Å². The Bertz CT molecular complexity index is 483. The van der Waals surface area contributed by atoms with Crippen LogP contribution in [-0.2, 0) is 9.47 Å². The number of carbonyl (C=O) groups is 1. The van der Waals surface area contributed by atoms with Gasteiger partial charge in [-0.25, -0.2) is 4.98 Å². The summed E-state index contributed by atoms with van der Waals surface area (Å²) in [5.41, 5.74) is 0.893. The smallest absolute Gasteiger partial charge is 0.280 e. The Morgan fingerprint density at radius 1 is 1.50 bits per heavy atom. The molecule has 6 heteroatoms. The Balaban J connectivity index is 1.49. The molecule has 0 bridgehead atoms. The highest BCUT2D eigenvalue weighted by Crippen LogP contribution is 2.38. The predicted octanol–water partition coefficient (Wildman–Crippen LogP) is 1.91. The van der Waals surface area contributed by atoms with Crippen molar-refractivity contribution < 1.29 is 14.3 Å². The quantitative estimate of drug-likeness (QED) is 0.925. The van der Waals surface area contributed by atoms with Crippen molar-refractivity contribution in [3.8, 4) is 0 Å². The number of amides is 1. The van der Waals surface area contributed by atoms with Crippen LogP contribution in [0.2, 0.25) is 0 Å². The zero-order valence-electron chi connectivity index (χ0n) is 11.7. The fraction of sp³-hybridized carbons (Fsp3) is 0.714. The number of rotatable bonds is 3. The van der Waals surface area contributed by atoms with Crippen molar-refractivity contribution in [2.45, 2.75) is 44.3 Å². The van der Waals surface area contributed by atoms with Crippen LogP contribution in [0, 0.1) is 6.92 Å². The SMILES string of the molecule is Cc1csc(C(=O)NCC2CCC3(CCOCC3)O2)n1. The maximum absolute atomic E-state index is 11.9. The molecule has 1 aromatic heterocycles. The zero-order chi connectivity index (χ0) is 14.0. The number of hydrogen-bond donors (Lipinski definition) is 1. The van der Waals surface area contributed by atoms with E-state index in [2.05, 4.69) is 10.3 Å². The highest BCUT2D eigenvalue weighted by atomic mass is 32.1. The highest BCUT2D eigenvalue weighted by molar-refractivity contribution is 7.11. The van der Waals surface area contributed by atoms with Gasteiger partial charge in [-0.05, 0) is 32.6 Å². The lowest BCUT2D eigenvalue weighted by molar-refractivity contribution is -0.102. The predicted molar refractivity (Wildman–Crippen MR) is 76.1 cm³/mol. The Kier molecular flexibility index (Phi) is 4.05. The number of nitrogens with zero attached hydrogens (tertiary/aromatic N) is 1. The lowest BCUT2D eigenvalue weighted by Crippen LogP contribution is -2.38. The van der Waals surface area contributed by atoms with Crippen LogP contribution in [0.25, 0.3) is 0 Å². The molecule has 1 aromatic rings. The molecule has 1 amide bonds. The van der Waals surface area contributed by atoms with Crippen LogP contribution in [0.1, 0.15) is 41.2 Å². The van der Waals surface area contributed by atoms with Gasteiger partial charge in [0.25, 0.3) is 5.91 Å². The Morgan fingerprint density at radius 3 is 3.00 bits per heavy atom. The minimum atomic E-state index is -0.0976. The van der Waals surface area contributed by atoms with Gasteiger partial charge in [0, 0.05) is 30.8 Å². The fourth-order valence-corrected chi connectivity index (χ4v) is 3.60. The van der Waals surface area contributed by atoms with Gasteiger partial charge in [-0.3, -0.25) is 4.79 Å². The van der Waals surface area contributed by atoms with Gasteiger partial charge < -0.3 is 14.8 Å². The van der Waals surface area contributed by atoms with Gasteiger partial charge >= 0.3 is 0 Å². The molecule has 2 fully saturated rings. The van der Waals surface area contributed by atoms with Crippen LogP contribution in [0.4, 0.5) is 0 Å². The monoisotopic (exact) mass is 296 g/mol. The maximum atomic E-state index is 11.9. The van der Waals surface area contributed by atoms with Crippen molar-refractivity contribution >= 4 is 17.2 Å². The van der Waals surface area contributed by atoms with Gasteiger partial charge in [0.1, 0.15) is 0 Å². The average Bonchev–Trinajstić information content (AvgIpc) is 3.05. The van der Waals surface area contributed by atoms with E-state index in [1.54, 1.807) is 0 Å². The lowest BCUT2D eigenvalue weighted by Gasteiger charge is -2.33. The van der Waals surface area contributed by atoms with E-state index in [0.29, 0.717) is 11.6 Å². The molecular weight excluding hydrogens is 276 g/mol. The molecule has 2 aliphatic rings. The van der Waals surface area contributed by atoms with Gasteiger partial charge in [-0.1, -0.05) is 0 Å². The van der Waals surface area contributed by atoms with E-state index in [-0.39, 0.29) is 17.6 Å². The number of thiazole rings is 1. The van der Waals surface area contributed by atoms with Gasteiger partial charge in [0.05, 0.1) is 11.7 Å². The van der Waals surface area contributed by atoms with E-state index in [0.717, 1.165) is 44.6 Å². The van der Waals surface area contributed by atoms with Crippen LogP contribution >= 0.6 is 11.3 Å². The summed E-state index contributed by atoms with van der Waals surface area (Å²) in [6.07, 6.45) is 4.16. The fourth-order valence-electron chi connectivity index (χ4n) is 2.89. The van der Waals surface area contributed by atoms with E-state index in [9.17, 15) is 4.79 Å². The molecule has 0 aromatic carbocycles. The zero-order valence-corrected chi connectivity index (χ0v) is 12.5. The molecule has 5 nitrogen and oxygen atoms in total. The molecule has 2 aliphatic heterocycles. The highest BCUT2D eigenvalue weighted by Gasteiger charge is 2.41. The van der Waals surface area contributed by atoms with Gasteiger partial charge in [-0.15, -0.1) is 11.3 Å². The maximum Gasteiger partial charge on any atom is 0.280 e. The van der Waals surface area contributed by atoms with Crippen LogP contribution < -0.4 is 5.32 Å². The second-order valence-electron chi connectivity index (χ2n) is 5.58. The Hall–Kier alpha value is -0.980. The molecule has 2 saturated heterocycles. The molecule has 0 aliphatic carbocycles. The van der Waals surface area contributed by atoms with Crippen molar-refractivity contribution in [3.05, 3.63) is 16.1 Å². The molecule has 0 radical (unpaired) electrons. The summed E-state index contributed by atoms with van der Waals surface area (Å²) in [6.45, 7) is 4.04. The van der Waals surface area contributed by atoms with E-state index in [1.807, 2.05) is 12.3 Å². The standard InChI is InChI=1S/C14H20N2O3S/c1-10-9-20-13(16-10)12(17)15-8-11-2-3-14(19-11)4-6-18-7-5-14/h9,11H,2-8H2,1H3,(H,15,17). The molecule has 3 rings (SSSR count). The normalized spacial score (nSPS) is 24.9. The third kappa shape index (κ3) is 3.02. The summed E-state index contributed by atoms with van der Waals surface area (Å²) in [5, 5.41) is 5.34. The van der Waals surface area contributed by atoms with E-state index >= 15 is 0 Å². The van der Waals surface area contributed by atoms with Gasteiger partial charge in [0.15, 0.2) is 5.01 Å². The van der Waals surface area contributed by atoms with Crippen molar-refractivity contribution in [2.75, 3.05) is 19.8 Å². The first kappa shape index (κ1) is 14.0. The molecule has 20 heavy (non-hydrogen) atoms. The van der Waals surface area contributed by atoms with Crippen LogP contribution in [0.3, 0.4) is 0 Å². The number of aryl methyl sites for hydroxylation is 1. The summed E-state index contributed by atoms with van der Waals surface area (Å²) in [6, 6.07) is 0. The third-order valence-electron chi connectivity index (χ3n) is 4.05. The molecule has 1 unspecified atom stereocenters. The molecule has 110 valence electrons. The largest absolute Gasteiger partial charge is 0.381 e. The summed E-state index contributed by atoms with van der Waals surface area (Å²) in [4.78, 5) is 16.1. The third-order valence-corrected chi connectivity index (χ3v) is 5.01. The van der Waals surface area contributed by atoms with Crippen LogP contribution in [0.15, 0.2) is 5.38 Å². The number of ether oxygens (including phenoxy) is 2. The first-order valence-electron chi connectivity index (χ1n) is 7.13. The summed E-state index contributed by atoms with van der Waals surface area (Å²) in [5.74, 6) is -0.0976. The van der Waals surface area contributed by atoms with E-state index in [1.165, 1.54) is 11.3 Å². The first-order chi connectivity index (χ1) is 9.67. The molecule has 1 atom stereocenters. The van der Waals surface area contributed by atoms with E-state index in [4.69, 9.17) is 9.47 Å². The molecule has 1 N–H and O–H groups in total. The van der Waals surface area contributed by atoms with Crippen molar-refractivity contribution in [1.29, 1.82) is 0 Å². The number of carbonyl (C=O) groups excluding carboxylic acids is 1. The average molecular weight is 296 g/mol. The minimum Gasteiger partial charge on any atom is -0.381 e. The molecule has 3 heterocycles. The molecule has 1 spiro atoms. The van der Waals surface area contributed by atoms with Crippen LogP contribution in [0.5, 0.6) is 0 Å². The summed E-state index contributed by atoms with van der Waals surface area (Å²) >= 11 is 1.38. The van der Waals surface area contributed by atoms with Crippen LogP contribution in [-0.4, -0.2) is 42.4 Å². The minimum absolute atomic E-state index is 0.00537. The number of aromatic nitrogens is 1. The number of hydrogen-bond acceptors (Lipinski definition) is 5. The summed E-state index contributed by atoms with van der Waals surface area (Å²) in [7, 11) is 0. The van der Waals surface area contributed by atoms with Crippen molar-refractivity contribution in [2.24, 2.45) is 0 Å². The second-order valence-corrected chi connectivity index (χ2v) is 6.44. The van der Waals surface area contributed by atoms with Gasteiger partial charge in [0.2, 0.25) is 0 Å². The Morgan fingerprint density at radius 2 is 2.30 bits per heavy atom.